The number of amides is 3. The number of aryl methyl sites for hydroxylation is 3. The fraction of sp³-hybridized carbons (Fsp3) is 0.490. The molecule has 1 aliphatic rings. The van der Waals surface area contributed by atoms with Gasteiger partial charge in [0, 0.05) is 73.3 Å². The molecule has 2 atom stereocenters. The highest BCUT2D eigenvalue weighted by Crippen LogP contribution is 2.45. The molecule has 6 rings (SSSR count). The first kappa shape index (κ1) is 50.4. The predicted molar refractivity (Wildman–Crippen MR) is 257 cm³/mol. The van der Waals surface area contributed by atoms with Crippen molar-refractivity contribution in [3.8, 4) is 5.75 Å². The van der Waals surface area contributed by atoms with Crippen molar-refractivity contribution >= 4 is 59.0 Å². The van der Waals surface area contributed by atoms with E-state index in [2.05, 4.69) is 101 Å². The third kappa shape index (κ3) is 15.0. The van der Waals surface area contributed by atoms with Gasteiger partial charge < -0.3 is 34.1 Å². The zero-order valence-electron chi connectivity index (χ0n) is 38.1. The molecule has 13 nitrogen and oxygen atoms in total. The van der Waals surface area contributed by atoms with Crippen LogP contribution in [0.25, 0.3) is 21.8 Å². The number of aromatic nitrogens is 2. The number of unbranched alkanes of at least 4 members (excludes halogenated alkanes) is 3. The average molecular weight is 920 g/mol. The summed E-state index contributed by atoms with van der Waals surface area (Å²) in [4.78, 5) is 53.1. The fourth-order valence-electron chi connectivity index (χ4n) is 8.29. The van der Waals surface area contributed by atoms with Crippen LogP contribution < -0.4 is 15.2 Å². The minimum absolute atomic E-state index is 0.0485. The Kier molecular flexibility index (Phi) is 20.2. The van der Waals surface area contributed by atoms with Gasteiger partial charge in [-0.15, -0.1) is 0 Å². The Morgan fingerprint density at radius 1 is 0.797 bits per heavy atom. The van der Waals surface area contributed by atoms with Crippen LogP contribution in [0.5, 0.6) is 5.75 Å². The summed E-state index contributed by atoms with van der Waals surface area (Å²) in [7, 11) is -4.28. The molecule has 2 aromatic heterocycles. The number of hydrogen-bond acceptors (Lipinski definition) is 7. The van der Waals surface area contributed by atoms with Gasteiger partial charge in [-0.25, -0.2) is 4.57 Å². The molecule has 0 spiro atoms. The second-order valence-electron chi connectivity index (χ2n) is 16.3. The van der Waals surface area contributed by atoms with Crippen molar-refractivity contribution < 1.29 is 32.9 Å². The smallest absolute Gasteiger partial charge is 0.403 e. The maximum absolute atomic E-state index is 13.1. The molecular weight excluding hydrogens is 851 g/mol. The lowest BCUT2D eigenvalue weighted by molar-refractivity contribution is -0.138. The number of likely N-dealkylation sites (tertiary alicyclic amines) is 1. The third-order valence-electron chi connectivity index (χ3n) is 11.8. The summed E-state index contributed by atoms with van der Waals surface area (Å²) in [5.74, 6) is -0.226. The number of carbonyl (C=O) groups excluding carboxylic acids is 3. The second-order valence-corrected chi connectivity index (χ2v) is 18.0. The first-order chi connectivity index (χ1) is 30.9. The zero-order valence-corrected chi connectivity index (χ0v) is 39.8. The van der Waals surface area contributed by atoms with Crippen LogP contribution in [0.2, 0.25) is 5.02 Å². The van der Waals surface area contributed by atoms with Crippen LogP contribution in [-0.4, -0.2) is 93.5 Å². The van der Waals surface area contributed by atoms with Gasteiger partial charge in [-0.3, -0.25) is 23.8 Å². The van der Waals surface area contributed by atoms with Gasteiger partial charge in [0.25, 0.3) is 0 Å². The van der Waals surface area contributed by atoms with Crippen LogP contribution in [0, 0.1) is 6.92 Å². The van der Waals surface area contributed by atoms with E-state index >= 15 is 0 Å². The molecule has 0 radical (unpaired) electrons. The average Bonchev–Trinajstić information content (AvgIpc) is 4.01. The van der Waals surface area contributed by atoms with Crippen LogP contribution in [-0.2, 0) is 43.0 Å². The number of carbonyl (C=O) groups is 3. The number of benzene rings is 3. The standard InChI is InChI=1S/C43H53ClN5O7P.C6H15N/c1-32-30-47(37-18-7-4-15-34(32)37)25-14-26-48-31-33(35-16-5-8-19-38(35)48)29-41(50)45-24-12-22-42(51)49-27-13-20-39(49)43(52)46-23-10-2-3-11-28-55-57(53,54)56-40-21-9-6-17-36(40)44;1-4-7(5-2)6-3/h4-9,15-19,21,30-31,39H,2-3,10-14,20,22-29H2,1H3,(H,45,50)(H,46,52)(H,53,54);4-6H2,1-3H3. The number of nitrogens with one attached hydrogen (secondary N) is 2. The predicted octanol–water partition coefficient (Wildman–Crippen LogP) is 9.30. The maximum atomic E-state index is 13.1. The molecule has 0 bridgehead atoms. The number of rotatable bonds is 24. The molecule has 0 saturated carbocycles. The van der Waals surface area contributed by atoms with Gasteiger partial charge in [0.1, 0.15) is 11.8 Å². The quantitative estimate of drug-likeness (QED) is 0.0410. The van der Waals surface area contributed by atoms with Gasteiger partial charge in [-0.2, -0.15) is 0 Å². The van der Waals surface area contributed by atoms with Crippen molar-refractivity contribution in [1.82, 2.24) is 29.6 Å². The molecule has 1 aliphatic heterocycles. The van der Waals surface area contributed by atoms with Crippen molar-refractivity contribution in [2.45, 2.75) is 111 Å². The minimum atomic E-state index is -4.28. The van der Waals surface area contributed by atoms with Gasteiger partial charge >= 0.3 is 7.82 Å². The molecule has 3 heterocycles. The number of hydrogen-bond donors (Lipinski definition) is 3. The van der Waals surface area contributed by atoms with Crippen molar-refractivity contribution in [2.24, 2.45) is 0 Å². The highest BCUT2D eigenvalue weighted by atomic mass is 35.5. The van der Waals surface area contributed by atoms with Crippen molar-refractivity contribution in [3.63, 3.8) is 0 Å². The molecule has 1 saturated heterocycles. The van der Waals surface area contributed by atoms with Crippen molar-refractivity contribution in [3.05, 3.63) is 101 Å². The zero-order chi connectivity index (χ0) is 45.9. The largest absolute Gasteiger partial charge is 0.527 e. The number of para-hydroxylation sites is 3. The molecule has 15 heteroatoms. The van der Waals surface area contributed by atoms with E-state index in [1.807, 2.05) is 12.1 Å². The summed E-state index contributed by atoms with van der Waals surface area (Å²) in [5.41, 5.74) is 4.62. The molecule has 3 N–H and O–H groups in total. The van der Waals surface area contributed by atoms with Gasteiger partial charge in [0.05, 0.1) is 18.1 Å². The van der Waals surface area contributed by atoms with E-state index in [1.165, 1.54) is 42.2 Å². The number of fused-ring (bicyclic) bond motifs is 2. The molecule has 2 unspecified atom stereocenters. The highest BCUT2D eigenvalue weighted by molar-refractivity contribution is 7.47. The molecule has 3 amide bonds. The lowest BCUT2D eigenvalue weighted by atomic mass is 10.1. The first-order valence-corrected chi connectivity index (χ1v) is 24.9. The van der Waals surface area contributed by atoms with Crippen molar-refractivity contribution in [1.29, 1.82) is 0 Å². The number of phosphoric acid groups is 1. The summed E-state index contributed by atoms with van der Waals surface area (Å²) >= 11 is 5.97. The second kappa shape index (κ2) is 25.7. The Hall–Kier alpha value is -4.65. The van der Waals surface area contributed by atoms with Gasteiger partial charge in [-0.1, -0.05) is 93.7 Å². The maximum Gasteiger partial charge on any atom is 0.527 e. The summed E-state index contributed by atoms with van der Waals surface area (Å²) in [5, 5.41) is 8.53. The van der Waals surface area contributed by atoms with E-state index in [0.29, 0.717) is 38.9 Å². The van der Waals surface area contributed by atoms with E-state index in [1.54, 1.807) is 23.1 Å². The van der Waals surface area contributed by atoms with Gasteiger partial charge in [0.15, 0.2) is 0 Å². The number of nitrogens with zero attached hydrogens (tertiary/aromatic N) is 4. The lowest BCUT2D eigenvalue weighted by Gasteiger charge is -2.24. The third-order valence-corrected chi connectivity index (χ3v) is 13.0. The Balaban J connectivity index is 0.00000102. The molecule has 348 valence electrons. The lowest BCUT2D eigenvalue weighted by Crippen LogP contribution is -2.46. The monoisotopic (exact) mass is 918 g/mol. The van der Waals surface area contributed by atoms with Crippen LogP contribution >= 0.6 is 19.4 Å². The molecular formula is C49H68ClN6O7P. The van der Waals surface area contributed by atoms with Crippen LogP contribution in [0.4, 0.5) is 0 Å². The Morgan fingerprint density at radius 2 is 1.42 bits per heavy atom. The van der Waals surface area contributed by atoms with E-state index < -0.39 is 13.9 Å². The summed E-state index contributed by atoms with van der Waals surface area (Å²) < 4.78 is 26.8. The summed E-state index contributed by atoms with van der Waals surface area (Å²) in [6.07, 6.45) is 10.5. The Bertz CT molecular complexity index is 2300. The van der Waals surface area contributed by atoms with Crippen molar-refractivity contribution in [2.75, 3.05) is 45.9 Å². The van der Waals surface area contributed by atoms with Gasteiger partial charge in [0.2, 0.25) is 17.7 Å². The van der Waals surface area contributed by atoms with Crippen LogP contribution in [0.3, 0.4) is 0 Å². The summed E-state index contributed by atoms with van der Waals surface area (Å²) in [6, 6.07) is 22.6. The molecule has 64 heavy (non-hydrogen) atoms. The molecule has 1 fully saturated rings. The molecule has 3 aromatic carbocycles. The molecule has 5 aromatic rings. The van der Waals surface area contributed by atoms with Crippen LogP contribution in [0.15, 0.2) is 85.2 Å². The number of halogens is 1. The van der Waals surface area contributed by atoms with Crippen LogP contribution in [0.1, 0.15) is 89.7 Å². The highest BCUT2D eigenvalue weighted by Gasteiger charge is 2.33. The van der Waals surface area contributed by atoms with E-state index in [-0.39, 0.29) is 47.9 Å². The first-order valence-electron chi connectivity index (χ1n) is 23.0. The molecule has 0 aliphatic carbocycles. The minimum Gasteiger partial charge on any atom is -0.403 e. The normalized spacial score (nSPS) is 14.7. The SMILES string of the molecule is CCN(CC)CC.Cc1cn(CCCn2cc(CC(=O)NCCCC(=O)N3CCCC3C(=O)NCCCCCCOP(=O)(O)Oc3ccccc3Cl)c3ccccc32)c2ccccc12. The van der Waals surface area contributed by atoms with E-state index in [4.69, 9.17) is 20.6 Å². The number of phosphoric ester groups is 1. The van der Waals surface area contributed by atoms with E-state index in [0.717, 1.165) is 61.7 Å². The Morgan fingerprint density at radius 3 is 2.12 bits per heavy atom. The summed E-state index contributed by atoms with van der Waals surface area (Å²) in [6.45, 7) is 15.5. The van der Waals surface area contributed by atoms with E-state index in [9.17, 15) is 23.8 Å². The topological polar surface area (TPSA) is 147 Å². The van der Waals surface area contributed by atoms with Gasteiger partial charge in [-0.05, 0) is 100 Å². The Labute approximate surface area is 384 Å². The fourth-order valence-corrected chi connectivity index (χ4v) is 9.34.